The number of nitrogens with two attached hydrogens (primary N) is 1. The van der Waals surface area contributed by atoms with Gasteiger partial charge in [-0.2, -0.15) is 4.98 Å². The Balaban J connectivity index is 1.63. The maximum absolute atomic E-state index is 11.8. The summed E-state index contributed by atoms with van der Waals surface area (Å²) >= 11 is 0. The number of nitrogens with one attached hydrogen (secondary N) is 3. The number of amides is 2. The van der Waals surface area contributed by atoms with E-state index in [0.717, 1.165) is 12.8 Å². The van der Waals surface area contributed by atoms with Crippen LogP contribution in [-0.2, 0) is 0 Å². The van der Waals surface area contributed by atoms with Gasteiger partial charge in [-0.1, -0.05) is 0 Å². The van der Waals surface area contributed by atoms with Crippen molar-refractivity contribution in [2.45, 2.75) is 18.9 Å². The first kappa shape index (κ1) is 13.1. The lowest BCUT2D eigenvalue weighted by atomic mass is 10.2. The smallest absolute Gasteiger partial charge is 0.293 e. The van der Waals surface area contributed by atoms with Crippen LogP contribution in [-0.4, -0.2) is 33.0 Å². The van der Waals surface area contributed by atoms with E-state index in [1.165, 1.54) is 0 Å². The van der Waals surface area contributed by atoms with Gasteiger partial charge in [0, 0.05) is 17.3 Å². The minimum Gasteiger partial charge on any atom is -0.366 e. The third-order valence-electron chi connectivity index (χ3n) is 3.04. The van der Waals surface area contributed by atoms with E-state index >= 15 is 0 Å². The first-order chi connectivity index (χ1) is 10.1. The molecule has 1 fully saturated rings. The van der Waals surface area contributed by atoms with Crippen LogP contribution in [0.2, 0.25) is 0 Å². The number of benzene rings is 1. The highest BCUT2D eigenvalue weighted by Crippen LogP contribution is 2.19. The molecule has 0 spiro atoms. The Bertz CT molecular complexity index is 674. The molecule has 1 heterocycles. The third kappa shape index (κ3) is 3.16. The Morgan fingerprint density at radius 2 is 1.90 bits per heavy atom. The third-order valence-corrected chi connectivity index (χ3v) is 3.04. The van der Waals surface area contributed by atoms with Gasteiger partial charge in [-0.3, -0.25) is 14.7 Å². The average molecular weight is 286 g/mol. The first-order valence-electron chi connectivity index (χ1n) is 6.52. The Labute approximate surface area is 120 Å². The van der Waals surface area contributed by atoms with Gasteiger partial charge in [0.2, 0.25) is 11.8 Å². The van der Waals surface area contributed by atoms with Gasteiger partial charge in [-0.25, -0.2) is 0 Å². The fraction of sp³-hybridized carbons (Fsp3) is 0.231. The van der Waals surface area contributed by atoms with Crippen LogP contribution in [0.1, 0.15) is 33.8 Å². The molecule has 0 radical (unpaired) electrons. The molecule has 8 heteroatoms. The van der Waals surface area contributed by atoms with E-state index in [1.807, 2.05) is 0 Å². The van der Waals surface area contributed by atoms with Crippen LogP contribution >= 0.6 is 0 Å². The normalized spacial score (nSPS) is 13.7. The fourth-order valence-corrected chi connectivity index (χ4v) is 1.77. The lowest BCUT2D eigenvalue weighted by molar-refractivity contribution is 0.0950. The summed E-state index contributed by atoms with van der Waals surface area (Å²) in [5.41, 5.74) is 6.44. The summed E-state index contributed by atoms with van der Waals surface area (Å²) in [6.45, 7) is 0. The van der Waals surface area contributed by atoms with Crippen molar-refractivity contribution in [3.63, 3.8) is 0 Å². The molecule has 1 aliphatic carbocycles. The Morgan fingerprint density at radius 3 is 2.48 bits per heavy atom. The monoisotopic (exact) mass is 286 g/mol. The van der Waals surface area contributed by atoms with Crippen molar-refractivity contribution in [1.29, 1.82) is 0 Å². The van der Waals surface area contributed by atoms with Crippen molar-refractivity contribution in [3.05, 3.63) is 35.7 Å². The van der Waals surface area contributed by atoms with Gasteiger partial charge in [0.1, 0.15) is 0 Å². The topological polar surface area (TPSA) is 126 Å². The van der Waals surface area contributed by atoms with Gasteiger partial charge >= 0.3 is 0 Å². The highest BCUT2D eigenvalue weighted by molar-refractivity contribution is 6.02. The number of nitrogen functional groups attached to an aromatic ring is 1. The zero-order chi connectivity index (χ0) is 14.8. The summed E-state index contributed by atoms with van der Waals surface area (Å²) in [4.78, 5) is 27.4. The Kier molecular flexibility index (Phi) is 3.27. The SMILES string of the molecule is Nc1n[nH]c(C(=O)Nc2ccc(C(=O)NC3CC3)cc2)n1. The molecule has 21 heavy (non-hydrogen) atoms. The van der Waals surface area contributed by atoms with Crippen LogP contribution in [0, 0.1) is 0 Å². The summed E-state index contributed by atoms with van der Waals surface area (Å²) in [6.07, 6.45) is 2.08. The number of hydrogen-bond donors (Lipinski definition) is 4. The molecule has 0 bridgehead atoms. The highest BCUT2D eigenvalue weighted by Gasteiger charge is 2.23. The molecule has 0 saturated heterocycles. The molecular formula is C13H14N6O2. The molecule has 1 aromatic carbocycles. The van der Waals surface area contributed by atoms with Crippen molar-refractivity contribution in [1.82, 2.24) is 20.5 Å². The van der Waals surface area contributed by atoms with Gasteiger partial charge in [0.15, 0.2) is 0 Å². The van der Waals surface area contributed by atoms with Crippen LogP contribution in [0.4, 0.5) is 11.6 Å². The molecule has 1 saturated carbocycles. The number of carbonyl (C=O) groups excluding carboxylic acids is 2. The quantitative estimate of drug-likeness (QED) is 0.652. The van der Waals surface area contributed by atoms with E-state index in [2.05, 4.69) is 25.8 Å². The van der Waals surface area contributed by atoms with E-state index in [9.17, 15) is 9.59 Å². The van der Waals surface area contributed by atoms with Crippen LogP contribution in [0.15, 0.2) is 24.3 Å². The number of carbonyl (C=O) groups is 2. The second-order valence-electron chi connectivity index (χ2n) is 4.82. The van der Waals surface area contributed by atoms with Crippen molar-refractivity contribution < 1.29 is 9.59 Å². The Morgan fingerprint density at radius 1 is 1.19 bits per heavy atom. The number of aromatic amines is 1. The second kappa shape index (κ2) is 5.23. The summed E-state index contributed by atoms with van der Waals surface area (Å²) in [5, 5.41) is 11.5. The maximum atomic E-state index is 11.8. The summed E-state index contributed by atoms with van der Waals surface area (Å²) < 4.78 is 0. The van der Waals surface area contributed by atoms with Gasteiger partial charge in [0.05, 0.1) is 0 Å². The molecular weight excluding hydrogens is 272 g/mol. The first-order valence-corrected chi connectivity index (χ1v) is 6.52. The fourth-order valence-electron chi connectivity index (χ4n) is 1.77. The number of hydrogen-bond acceptors (Lipinski definition) is 5. The lowest BCUT2D eigenvalue weighted by Crippen LogP contribution is -2.25. The number of anilines is 2. The van der Waals surface area contributed by atoms with Crippen LogP contribution in [0.3, 0.4) is 0 Å². The van der Waals surface area contributed by atoms with E-state index in [1.54, 1.807) is 24.3 Å². The van der Waals surface area contributed by atoms with E-state index in [4.69, 9.17) is 5.73 Å². The number of rotatable bonds is 4. The Hall–Kier alpha value is -2.90. The number of nitrogens with zero attached hydrogens (tertiary/aromatic N) is 2. The molecule has 1 aromatic heterocycles. The standard InChI is InChI=1S/C13H14N6O2/c14-13-17-10(18-19-13)12(21)16-8-3-1-7(2-4-8)11(20)15-9-5-6-9/h1-4,9H,5-6H2,(H,15,20)(H,16,21)(H3,14,17,18,19). The molecule has 0 aliphatic heterocycles. The van der Waals surface area contributed by atoms with E-state index in [0.29, 0.717) is 17.3 Å². The van der Waals surface area contributed by atoms with Crippen molar-refractivity contribution in [2.24, 2.45) is 0 Å². The largest absolute Gasteiger partial charge is 0.366 e. The van der Waals surface area contributed by atoms with Gasteiger partial charge in [0.25, 0.3) is 11.8 Å². The minimum atomic E-state index is -0.450. The maximum Gasteiger partial charge on any atom is 0.293 e. The highest BCUT2D eigenvalue weighted by atomic mass is 16.2. The number of aromatic nitrogens is 3. The minimum absolute atomic E-state index is 0.00671. The van der Waals surface area contributed by atoms with Gasteiger partial charge in [-0.05, 0) is 37.1 Å². The zero-order valence-corrected chi connectivity index (χ0v) is 11.1. The van der Waals surface area contributed by atoms with Crippen molar-refractivity contribution >= 4 is 23.5 Å². The predicted molar refractivity (Wildman–Crippen MR) is 75.7 cm³/mol. The molecule has 2 aromatic rings. The molecule has 108 valence electrons. The van der Waals surface area contributed by atoms with Crippen LogP contribution in [0.5, 0.6) is 0 Å². The van der Waals surface area contributed by atoms with Crippen LogP contribution < -0.4 is 16.4 Å². The van der Waals surface area contributed by atoms with Crippen molar-refractivity contribution in [3.8, 4) is 0 Å². The second-order valence-corrected chi connectivity index (χ2v) is 4.82. The van der Waals surface area contributed by atoms with Gasteiger partial charge < -0.3 is 16.4 Å². The predicted octanol–water partition coefficient (Wildman–Crippen LogP) is 0.531. The molecule has 5 N–H and O–H groups in total. The van der Waals surface area contributed by atoms with Crippen molar-refractivity contribution in [2.75, 3.05) is 11.1 Å². The molecule has 1 aliphatic rings. The molecule has 0 unspecified atom stereocenters. The van der Waals surface area contributed by atoms with Gasteiger partial charge in [-0.15, -0.1) is 5.10 Å². The molecule has 2 amide bonds. The summed E-state index contributed by atoms with van der Waals surface area (Å²) in [5.74, 6) is -0.511. The number of H-pyrrole nitrogens is 1. The lowest BCUT2D eigenvalue weighted by Gasteiger charge is -2.05. The van der Waals surface area contributed by atoms with Crippen LogP contribution in [0.25, 0.3) is 0 Å². The zero-order valence-electron chi connectivity index (χ0n) is 11.1. The molecule has 8 nitrogen and oxygen atoms in total. The average Bonchev–Trinajstić information content (AvgIpc) is 3.17. The molecule has 3 rings (SSSR count). The van der Waals surface area contributed by atoms with E-state index < -0.39 is 5.91 Å². The molecule has 0 atom stereocenters. The summed E-state index contributed by atoms with van der Waals surface area (Å²) in [7, 11) is 0. The van der Waals surface area contributed by atoms with E-state index in [-0.39, 0.29) is 17.7 Å². The summed E-state index contributed by atoms with van der Waals surface area (Å²) in [6, 6.07) is 6.93.